The molecule has 0 aliphatic carbocycles. The van der Waals surface area contributed by atoms with Gasteiger partial charge in [0, 0.05) is 24.0 Å². The molecule has 2 aromatic carbocycles. The molecule has 0 saturated carbocycles. The Labute approximate surface area is 136 Å². The Morgan fingerprint density at radius 1 is 1.04 bits per heavy atom. The van der Waals surface area contributed by atoms with Gasteiger partial charge in [0.05, 0.1) is 18.1 Å². The van der Waals surface area contributed by atoms with E-state index < -0.39 is 0 Å². The lowest BCUT2D eigenvalue weighted by Crippen LogP contribution is -2.05. The summed E-state index contributed by atoms with van der Waals surface area (Å²) in [7, 11) is 0. The van der Waals surface area contributed by atoms with Crippen molar-refractivity contribution in [3.8, 4) is 17.0 Å². The molecule has 0 spiro atoms. The molecule has 2 N–H and O–H groups in total. The lowest BCUT2D eigenvalue weighted by molar-refractivity contribution is 0.242. The average Bonchev–Trinajstić information content (AvgIpc) is 2.98. The molecule has 0 fully saturated rings. The predicted octanol–water partition coefficient (Wildman–Crippen LogP) is 3.97. The number of aromatic nitrogens is 2. The highest BCUT2D eigenvalue weighted by molar-refractivity contribution is 5.59. The van der Waals surface area contributed by atoms with Gasteiger partial charge in [0.2, 0.25) is 0 Å². The Kier molecular flexibility index (Phi) is 4.33. The fourth-order valence-electron chi connectivity index (χ4n) is 2.41. The van der Waals surface area contributed by atoms with Crippen LogP contribution in [0.5, 0.6) is 5.75 Å². The monoisotopic (exact) mass is 307 g/mol. The van der Waals surface area contributed by atoms with Gasteiger partial charge in [0.25, 0.3) is 0 Å². The van der Waals surface area contributed by atoms with Gasteiger partial charge < -0.3 is 15.0 Å². The molecule has 4 heteroatoms. The molecule has 0 bridgehead atoms. The Balaban J connectivity index is 1.72. The van der Waals surface area contributed by atoms with Crippen molar-refractivity contribution >= 4 is 5.69 Å². The summed E-state index contributed by atoms with van der Waals surface area (Å²) in [6, 6.07) is 15.9. The van der Waals surface area contributed by atoms with E-state index in [1.165, 1.54) is 5.56 Å². The number of imidazole rings is 1. The van der Waals surface area contributed by atoms with Gasteiger partial charge in [-0.15, -0.1) is 0 Å². The van der Waals surface area contributed by atoms with Crippen LogP contribution in [0.2, 0.25) is 0 Å². The van der Waals surface area contributed by atoms with Crippen molar-refractivity contribution in [2.24, 2.45) is 0 Å². The maximum atomic E-state index is 5.71. The van der Waals surface area contributed by atoms with E-state index in [-0.39, 0.29) is 6.10 Å². The molecular weight excluding hydrogens is 286 g/mol. The molecule has 3 rings (SSSR count). The molecule has 0 unspecified atom stereocenters. The summed E-state index contributed by atoms with van der Waals surface area (Å²) in [5.41, 5.74) is 9.73. The summed E-state index contributed by atoms with van der Waals surface area (Å²) in [5.74, 6) is 0.880. The summed E-state index contributed by atoms with van der Waals surface area (Å²) >= 11 is 0. The van der Waals surface area contributed by atoms with Gasteiger partial charge in [-0.2, -0.15) is 0 Å². The van der Waals surface area contributed by atoms with Crippen molar-refractivity contribution in [2.75, 3.05) is 5.73 Å². The Hall–Kier alpha value is -2.75. The molecule has 0 aliphatic rings. The fraction of sp³-hybridized carbons (Fsp3) is 0.211. The standard InChI is InChI=1S/C19H21N3O/c1-14(2)23-18-9-5-16(6-10-18)19-12-22(13-21-19)11-15-3-7-17(20)8-4-15/h3-10,12-14H,11,20H2,1-2H3. The van der Waals surface area contributed by atoms with Crippen LogP contribution in [0.1, 0.15) is 19.4 Å². The number of anilines is 1. The Morgan fingerprint density at radius 2 is 1.74 bits per heavy atom. The number of nitrogens with zero attached hydrogens (tertiary/aromatic N) is 2. The van der Waals surface area contributed by atoms with Crippen molar-refractivity contribution in [2.45, 2.75) is 26.5 Å². The zero-order chi connectivity index (χ0) is 16.2. The minimum Gasteiger partial charge on any atom is -0.491 e. The smallest absolute Gasteiger partial charge is 0.119 e. The van der Waals surface area contributed by atoms with E-state index in [1.54, 1.807) is 0 Å². The minimum absolute atomic E-state index is 0.181. The Bertz CT molecular complexity index is 758. The van der Waals surface area contributed by atoms with E-state index in [2.05, 4.69) is 15.7 Å². The van der Waals surface area contributed by atoms with Crippen molar-refractivity contribution in [1.29, 1.82) is 0 Å². The van der Waals surface area contributed by atoms with Crippen molar-refractivity contribution in [3.05, 3.63) is 66.6 Å². The number of rotatable bonds is 5. The highest BCUT2D eigenvalue weighted by Crippen LogP contribution is 2.22. The van der Waals surface area contributed by atoms with Crippen LogP contribution in [0.3, 0.4) is 0 Å². The number of nitrogen functional groups attached to an aromatic ring is 1. The largest absolute Gasteiger partial charge is 0.491 e. The number of hydrogen-bond donors (Lipinski definition) is 1. The van der Waals surface area contributed by atoms with Gasteiger partial charge in [-0.3, -0.25) is 0 Å². The molecule has 3 aromatic rings. The summed E-state index contributed by atoms with van der Waals surface area (Å²) in [6.07, 6.45) is 4.08. The van der Waals surface area contributed by atoms with E-state index in [1.807, 2.05) is 68.7 Å². The lowest BCUT2D eigenvalue weighted by atomic mass is 10.1. The van der Waals surface area contributed by atoms with Crippen molar-refractivity contribution in [1.82, 2.24) is 9.55 Å². The molecule has 0 radical (unpaired) electrons. The maximum Gasteiger partial charge on any atom is 0.119 e. The quantitative estimate of drug-likeness (QED) is 0.726. The van der Waals surface area contributed by atoms with Crippen LogP contribution in [0, 0.1) is 0 Å². The van der Waals surface area contributed by atoms with Crippen LogP contribution in [0.15, 0.2) is 61.1 Å². The van der Waals surface area contributed by atoms with Crippen LogP contribution in [0.4, 0.5) is 5.69 Å². The van der Waals surface area contributed by atoms with E-state index in [0.717, 1.165) is 29.2 Å². The highest BCUT2D eigenvalue weighted by Gasteiger charge is 2.04. The molecule has 0 atom stereocenters. The second-order valence-electron chi connectivity index (χ2n) is 5.86. The third-order valence-corrected chi connectivity index (χ3v) is 3.50. The van der Waals surface area contributed by atoms with Crippen LogP contribution in [-0.2, 0) is 6.54 Å². The van der Waals surface area contributed by atoms with Gasteiger partial charge in [-0.25, -0.2) is 4.98 Å². The summed E-state index contributed by atoms with van der Waals surface area (Å²) in [6.45, 7) is 4.82. The van der Waals surface area contributed by atoms with Crippen LogP contribution in [0.25, 0.3) is 11.3 Å². The van der Waals surface area contributed by atoms with Gasteiger partial charge in [-0.05, 0) is 55.8 Å². The second-order valence-corrected chi connectivity index (χ2v) is 5.86. The number of hydrogen-bond acceptors (Lipinski definition) is 3. The molecule has 4 nitrogen and oxygen atoms in total. The number of ether oxygens (including phenoxy) is 1. The first-order valence-electron chi connectivity index (χ1n) is 7.73. The molecule has 0 aliphatic heterocycles. The van der Waals surface area contributed by atoms with Gasteiger partial charge in [-0.1, -0.05) is 12.1 Å². The average molecular weight is 307 g/mol. The second kappa shape index (κ2) is 6.57. The first-order valence-corrected chi connectivity index (χ1v) is 7.73. The zero-order valence-electron chi connectivity index (χ0n) is 13.4. The maximum absolute atomic E-state index is 5.71. The zero-order valence-corrected chi connectivity index (χ0v) is 13.4. The lowest BCUT2D eigenvalue weighted by Gasteiger charge is -2.09. The van der Waals surface area contributed by atoms with Crippen molar-refractivity contribution < 1.29 is 4.74 Å². The first kappa shape index (κ1) is 15.2. The third kappa shape index (κ3) is 3.92. The van der Waals surface area contributed by atoms with Gasteiger partial charge >= 0.3 is 0 Å². The third-order valence-electron chi connectivity index (χ3n) is 3.50. The van der Waals surface area contributed by atoms with E-state index in [4.69, 9.17) is 10.5 Å². The fourth-order valence-corrected chi connectivity index (χ4v) is 2.41. The SMILES string of the molecule is CC(C)Oc1ccc(-c2cn(Cc3ccc(N)cc3)cn2)cc1. The molecule has 0 saturated heterocycles. The van der Waals surface area contributed by atoms with Crippen LogP contribution < -0.4 is 10.5 Å². The van der Waals surface area contributed by atoms with Crippen molar-refractivity contribution in [3.63, 3.8) is 0 Å². The summed E-state index contributed by atoms with van der Waals surface area (Å²) < 4.78 is 7.73. The summed E-state index contributed by atoms with van der Waals surface area (Å²) in [4.78, 5) is 4.49. The molecule has 118 valence electrons. The first-order chi connectivity index (χ1) is 11.1. The normalized spacial score (nSPS) is 10.9. The molecular formula is C19H21N3O. The van der Waals surface area contributed by atoms with Gasteiger partial charge in [0.1, 0.15) is 5.75 Å². The number of benzene rings is 2. The molecule has 0 amide bonds. The van der Waals surface area contributed by atoms with E-state index >= 15 is 0 Å². The summed E-state index contributed by atoms with van der Waals surface area (Å²) in [5, 5.41) is 0. The highest BCUT2D eigenvalue weighted by atomic mass is 16.5. The Morgan fingerprint density at radius 3 is 2.39 bits per heavy atom. The number of nitrogens with two attached hydrogens (primary N) is 1. The van der Waals surface area contributed by atoms with Crippen LogP contribution >= 0.6 is 0 Å². The van der Waals surface area contributed by atoms with Crippen LogP contribution in [-0.4, -0.2) is 15.7 Å². The molecule has 1 heterocycles. The molecule has 1 aromatic heterocycles. The minimum atomic E-state index is 0.181. The topological polar surface area (TPSA) is 53.1 Å². The van der Waals surface area contributed by atoms with E-state index in [0.29, 0.717) is 0 Å². The van der Waals surface area contributed by atoms with E-state index in [9.17, 15) is 0 Å². The van der Waals surface area contributed by atoms with Gasteiger partial charge in [0.15, 0.2) is 0 Å². The molecule has 23 heavy (non-hydrogen) atoms. The predicted molar refractivity (Wildman–Crippen MR) is 93.4 cm³/mol.